The minimum atomic E-state index is -0.210. The highest BCUT2D eigenvalue weighted by Gasteiger charge is 2.15. The summed E-state index contributed by atoms with van der Waals surface area (Å²) in [5.41, 5.74) is 4.10. The van der Waals surface area contributed by atoms with E-state index in [1.54, 1.807) is 12.3 Å². The lowest BCUT2D eigenvalue weighted by Crippen LogP contribution is -2.18. The van der Waals surface area contributed by atoms with Gasteiger partial charge in [-0.15, -0.1) is 0 Å². The van der Waals surface area contributed by atoms with Crippen molar-refractivity contribution in [3.8, 4) is 0 Å². The fourth-order valence-corrected chi connectivity index (χ4v) is 2.70. The fourth-order valence-electron chi connectivity index (χ4n) is 2.70. The number of aryl methyl sites for hydroxylation is 1. The predicted molar refractivity (Wildman–Crippen MR) is 83.8 cm³/mol. The normalized spacial score (nSPS) is 12.5. The number of fused-ring (bicyclic) bond motifs is 1. The molecule has 0 saturated carbocycles. The van der Waals surface area contributed by atoms with Crippen LogP contribution in [0.3, 0.4) is 0 Å². The molecule has 0 aliphatic carbocycles. The molecule has 106 valence electrons. The van der Waals surface area contributed by atoms with Crippen LogP contribution in [0.1, 0.15) is 22.7 Å². The Morgan fingerprint density at radius 2 is 1.95 bits per heavy atom. The fraction of sp³-hybridized carbons (Fsp3) is 0.167. The van der Waals surface area contributed by atoms with E-state index in [2.05, 4.69) is 16.4 Å². The van der Waals surface area contributed by atoms with Crippen LogP contribution >= 0.6 is 0 Å². The van der Waals surface area contributed by atoms with Gasteiger partial charge in [0.2, 0.25) is 0 Å². The minimum absolute atomic E-state index is 0.0368. The van der Waals surface area contributed by atoms with Gasteiger partial charge in [0.05, 0.1) is 11.6 Å². The predicted octanol–water partition coefficient (Wildman–Crippen LogP) is 3.99. The van der Waals surface area contributed by atoms with Crippen LogP contribution in [0.4, 0.5) is 4.39 Å². The zero-order valence-corrected chi connectivity index (χ0v) is 12.1. The molecule has 3 aromatic rings. The zero-order valence-electron chi connectivity index (χ0n) is 12.1. The maximum Gasteiger partial charge on any atom is 0.123 e. The number of hydrogen-bond acceptors (Lipinski definition) is 2. The van der Waals surface area contributed by atoms with Crippen LogP contribution < -0.4 is 5.32 Å². The van der Waals surface area contributed by atoms with Gasteiger partial charge < -0.3 is 5.32 Å². The SMILES string of the molecule is CNC(c1ccc2ncccc2c1)c1cc(F)ccc1C. The first kappa shape index (κ1) is 13.7. The molecule has 2 aromatic carbocycles. The number of nitrogens with one attached hydrogen (secondary N) is 1. The number of hydrogen-bond donors (Lipinski definition) is 1. The van der Waals surface area contributed by atoms with E-state index in [9.17, 15) is 4.39 Å². The molecule has 1 N–H and O–H groups in total. The first-order valence-corrected chi connectivity index (χ1v) is 6.97. The Labute approximate surface area is 123 Å². The van der Waals surface area contributed by atoms with Gasteiger partial charge in [0, 0.05) is 11.6 Å². The molecule has 0 spiro atoms. The number of pyridine rings is 1. The molecule has 0 fully saturated rings. The third kappa shape index (κ3) is 2.65. The smallest absolute Gasteiger partial charge is 0.123 e. The second kappa shape index (κ2) is 5.62. The summed E-state index contributed by atoms with van der Waals surface area (Å²) in [5.74, 6) is -0.210. The molecule has 0 aliphatic rings. The molecule has 0 aliphatic heterocycles. The summed E-state index contributed by atoms with van der Waals surface area (Å²) >= 11 is 0. The average Bonchev–Trinajstić information content (AvgIpc) is 2.51. The highest BCUT2D eigenvalue weighted by atomic mass is 19.1. The van der Waals surface area contributed by atoms with Crippen molar-refractivity contribution in [2.75, 3.05) is 7.05 Å². The number of nitrogens with zero attached hydrogens (tertiary/aromatic N) is 1. The lowest BCUT2D eigenvalue weighted by atomic mass is 9.94. The van der Waals surface area contributed by atoms with Gasteiger partial charge in [-0.1, -0.05) is 18.2 Å². The summed E-state index contributed by atoms with van der Waals surface area (Å²) in [5, 5.41) is 4.37. The Morgan fingerprint density at radius 3 is 2.76 bits per heavy atom. The molecular weight excluding hydrogens is 263 g/mol. The third-order valence-corrected chi connectivity index (χ3v) is 3.80. The van der Waals surface area contributed by atoms with Crippen molar-refractivity contribution in [1.82, 2.24) is 10.3 Å². The molecule has 2 nitrogen and oxygen atoms in total. The topological polar surface area (TPSA) is 24.9 Å². The van der Waals surface area contributed by atoms with Gasteiger partial charge in [0.1, 0.15) is 5.82 Å². The van der Waals surface area contributed by atoms with Crippen LogP contribution in [-0.4, -0.2) is 12.0 Å². The summed E-state index contributed by atoms with van der Waals surface area (Å²) < 4.78 is 13.6. The van der Waals surface area contributed by atoms with Crippen molar-refractivity contribution in [3.05, 3.63) is 77.2 Å². The van der Waals surface area contributed by atoms with Crippen LogP contribution in [0.2, 0.25) is 0 Å². The first-order chi connectivity index (χ1) is 10.2. The van der Waals surface area contributed by atoms with E-state index >= 15 is 0 Å². The van der Waals surface area contributed by atoms with E-state index in [0.717, 1.165) is 27.6 Å². The summed E-state index contributed by atoms with van der Waals surface area (Å²) in [4.78, 5) is 4.33. The maximum absolute atomic E-state index is 13.6. The lowest BCUT2D eigenvalue weighted by Gasteiger charge is -2.20. The van der Waals surface area contributed by atoms with Gasteiger partial charge in [-0.25, -0.2) is 4.39 Å². The van der Waals surface area contributed by atoms with Crippen molar-refractivity contribution in [2.24, 2.45) is 0 Å². The summed E-state index contributed by atoms with van der Waals surface area (Å²) in [6.45, 7) is 2.00. The van der Waals surface area contributed by atoms with Crippen molar-refractivity contribution >= 4 is 10.9 Å². The van der Waals surface area contributed by atoms with Gasteiger partial charge in [-0.3, -0.25) is 4.98 Å². The van der Waals surface area contributed by atoms with Crippen molar-refractivity contribution in [1.29, 1.82) is 0 Å². The van der Waals surface area contributed by atoms with Crippen molar-refractivity contribution in [3.63, 3.8) is 0 Å². The molecule has 3 rings (SSSR count). The molecule has 0 amide bonds. The number of benzene rings is 2. The van der Waals surface area contributed by atoms with E-state index in [4.69, 9.17) is 0 Å². The van der Waals surface area contributed by atoms with E-state index < -0.39 is 0 Å². The van der Waals surface area contributed by atoms with Crippen molar-refractivity contribution in [2.45, 2.75) is 13.0 Å². The Balaban J connectivity index is 2.11. The van der Waals surface area contributed by atoms with Crippen LogP contribution in [-0.2, 0) is 0 Å². The molecule has 1 unspecified atom stereocenters. The van der Waals surface area contributed by atoms with Crippen LogP contribution in [0.15, 0.2) is 54.7 Å². The third-order valence-electron chi connectivity index (χ3n) is 3.80. The molecule has 1 aromatic heterocycles. The van der Waals surface area contributed by atoms with Gasteiger partial charge in [0.15, 0.2) is 0 Å². The monoisotopic (exact) mass is 280 g/mol. The van der Waals surface area contributed by atoms with E-state index in [1.165, 1.54) is 6.07 Å². The lowest BCUT2D eigenvalue weighted by molar-refractivity contribution is 0.615. The highest BCUT2D eigenvalue weighted by Crippen LogP contribution is 2.27. The van der Waals surface area contributed by atoms with E-state index in [-0.39, 0.29) is 11.9 Å². The van der Waals surface area contributed by atoms with E-state index in [0.29, 0.717) is 0 Å². The Bertz CT molecular complexity index is 783. The van der Waals surface area contributed by atoms with Gasteiger partial charge in [-0.2, -0.15) is 0 Å². The van der Waals surface area contributed by atoms with Gasteiger partial charge >= 0.3 is 0 Å². The first-order valence-electron chi connectivity index (χ1n) is 6.97. The van der Waals surface area contributed by atoms with Crippen molar-refractivity contribution < 1.29 is 4.39 Å². The summed E-state index contributed by atoms with van der Waals surface area (Å²) in [7, 11) is 1.89. The van der Waals surface area contributed by atoms with Crippen LogP contribution in [0, 0.1) is 12.7 Å². The van der Waals surface area contributed by atoms with Crippen LogP contribution in [0.25, 0.3) is 10.9 Å². The number of aromatic nitrogens is 1. The second-order valence-corrected chi connectivity index (χ2v) is 5.18. The quantitative estimate of drug-likeness (QED) is 0.784. The zero-order chi connectivity index (χ0) is 14.8. The Morgan fingerprint density at radius 1 is 1.10 bits per heavy atom. The highest BCUT2D eigenvalue weighted by molar-refractivity contribution is 5.79. The van der Waals surface area contributed by atoms with Gasteiger partial charge in [0.25, 0.3) is 0 Å². The molecule has 21 heavy (non-hydrogen) atoms. The van der Waals surface area contributed by atoms with E-state index in [1.807, 2.05) is 44.3 Å². The average molecular weight is 280 g/mol. The maximum atomic E-state index is 13.6. The Kier molecular flexibility index (Phi) is 3.67. The van der Waals surface area contributed by atoms with Crippen LogP contribution in [0.5, 0.6) is 0 Å². The standard InChI is InChI=1S/C18H17FN2/c1-12-5-7-15(19)11-16(12)18(20-2)14-6-8-17-13(10-14)4-3-9-21-17/h3-11,18,20H,1-2H3. The largest absolute Gasteiger partial charge is 0.309 e. The molecular formula is C18H17FN2. The Hall–Kier alpha value is -2.26. The molecule has 0 bridgehead atoms. The minimum Gasteiger partial charge on any atom is -0.309 e. The van der Waals surface area contributed by atoms with Gasteiger partial charge in [-0.05, 0) is 61.0 Å². The molecule has 3 heteroatoms. The molecule has 1 atom stereocenters. The second-order valence-electron chi connectivity index (χ2n) is 5.18. The summed E-state index contributed by atoms with van der Waals surface area (Å²) in [6.07, 6.45) is 1.79. The molecule has 0 radical (unpaired) electrons. The summed E-state index contributed by atoms with van der Waals surface area (Å²) in [6, 6.07) is 15.0. The number of rotatable bonds is 3. The molecule has 0 saturated heterocycles. The molecule has 1 heterocycles. The number of halogens is 1.